The molecule has 160 valence electrons. The Morgan fingerprint density at radius 3 is 2.53 bits per heavy atom. The Labute approximate surface area is 185 Å². The zero-order valence-corrected chi connectivity index (χ0v) is 17.7. The third-order valence-electron chi connectivity index (χ3n) is 4.76. The van der Waals surface area contributed by atoms with Gasteiger partial charge in [-0.3, -0.25) is 9.59 Å². The van der Waals surface area contributed by atoms with E-state index in [2.05, 4.69) is 26.8 Å². The summed E-state index contributed by atoms with van der Waals surface area (Å²) in [5.41, 5.74) is 3.33. The molecule has 1 aromatic heterocycles. The van der Waals surface area contributed by atoms with Crippen LogP contribution in [0.3, 0.4) is 0 Å². The molecule has 1 heterocycles. The second-order valence-electron chi connectivity index (χ2n) is 7.00. The van der Waals surface area contributed by atoms with Crippen molar-refractivity contribution in [3.63, 3.8) is 0 Å². The summed E-state index contributed by atoms with van der Waals surface area (Å²) in [5.74, 6) is 0.212. The summed E-state index contributed by atoms with van der Waals surface area (Å²) in [6.45, 7) is 3.96. The molecule has 0 radical (unpaired) electrons. The van der Waals surface area contributed by atoms with Gasteiger partial charge in [0.15, 0.2) is 6.29 Å². The highest BCUT2D eigenvalue weighted by molar-refractivity contribution is 5.87. The number of anilines is 4. The quantitative estimate of drug-likeness (QED) is 0.520. The van der Waals surface area contributed by atoms with E-state index in [9.17, 15) is 9.59 Å². The van der Waals surface area contributed by atoms with Crippen LogP contribution < -0.4 is 16.2 Å². The number of hydrogen-bond donors (Lipinski definition) is 2. The fourth-order valence-corrected chi connectivity index (χ4v) is 3.18. The summed E-state index contributed by atoms with van der Waals surface area (Å²) < 4.78 is 1.26. The van der Waals surface area contributed by atoms with Crippen molar-refractivity contribution in [2.45, 2.75) is 33.2 Å². The Kier molecular flexibility index (Phi) is 6.94. The first-order valence-corrected chi connectivity index (χ1v) is 9.98. The minimum Gasteiger partial charge on any atom is -0.335 e. The Balaban J connectivity index is 1.97. The highest BCUT2D eigenvalue weighted by Gasteiger charge is 2.14. The van der Waals surface area contributed by atoms with Crippen LogP contribution in [0.1, 0.15) is 40.4 Å². The lowest BCUT2D eigenvalue weighted by Gasteiger charge is -2.15. The summed E-state index contributed by atoms with van der Waals surface area (Å²) in [6, 6.07) is 14.4. The number of nitriles is 2. The molecule has 9 heteroatoms. The number of hydrogen-bond acceptors (Lipinski definition) is 8. The van der Waals surface area contributed by atoms with Gasteiger partial charge in [0.05, 0.1) is 23.4 Å². The zero-order chi connectivity index (χ0) is 23.1. The van der Waals surface area contributed by atoms with Crippen LogP contribution in [0.15, 0.2) is 41.2 Å². The van der Waals surface area contributed by atoms with Gasteiger partial charge in [0.1, 0.15) is 0 Å². The molecular formula is C23H21N7O2. The first kappa shape index (κ1) is 22.2. The van der Waals surface area contributed by atoms with Crippen molar-refractivity contribution in [1.29, 1.82) is 10.5 Å². The van der Waals surface area contributed by atoms with Crippen molar-refractivity contribution in [3.05, 3.63) is 69.0 Å². The van der Waals surface area contributed by atoms with E-state index in [0.717, 1.165) is 17.4 Å². The van der Waals surface area contributed by atoms with Gasteiger partial charge in [-0.2, -0.15) is 15.5 Å². The number of carbonyl (C=O) groups excluding carboxylic acids is 1. The molecular weight excluding hydrogens is 406 g/mol. The molecule has 0 aliphatic carbocycles. The largest absolute Gasteiger partial charge is 0.335 e. The van der Waals surface area contributed by atoms with Gasteiger partial charge in [0.2, 0.25) is 11.8 Å². The lowest BCUT2D eigenvalue weighted by atomic mass is 10.0. The van der Waals surface area contributed by atoms with Crippen LogP contribution >= 0.6 is 0 Å². The molecule has 0 amide bonds. The summed E-state index contributed by atoms with van der Waals surface area (Å²) in [4.78, 5) is 28.7. The molecule has 0 aliphatic heterocycles. The van der Waals surface area contributed by atoms with Crippen LogP contribution in [0.25, 0.3) is 0 Å². The van der Waals surface area contributed by atoms with E-state index in [1.54, 1.807) is 37.3 Å². The van der Waals surface area contributed by atoms with Gasteiger partial charge >= 0.3 is 5.56 Å². The first-order valence-electron chi connectivity index (χ1n) is 9.98. The van der Waals surface area contributed by atoms with Crippen LogP contribution in [-0.2, 0) is 13.0 Å². The first-order chi connectivity index (χ1) is 15.5. The topological polar surface area (TPSA) is 136 Å². The predicted molar refractivity (Wildman–Crippen MR) is 120 cm³/mol. The number of nitrogens with one attached hydrogen (secondary N) is 2. The summed E-state index contributed by atoms with van der Waals surface area (Å²) in [7, 11) is 0. The van der Waals surface area contributed by atoms with E-state index in [1.165, 1.54) is 4.68 Å². The van der Waals surface area contributed by atoms with Crippen molar-refractivity contribution >= 4 is 29.4 Å². The van der Waals surface area contributed by atoms with Gasteiger partial charge in [-0.1, -0.05) is 6.07 Å². The Bertz CT molecular complexity index is 1280. The third kappa shape index (κ3) is 4.97. The molecule has 0 unspecified atom stereocenters. The van der Waals surface area contributed by atoms with Crippen molar-refractivity contribution in [3.8, 4) is 12.1 Å². The van der Waals surface area contributed by atoms with E-state index in [4.69, 9.17) is 10.5 Å². The van der Waals surface area contributed by atoms with Gasteiger partial charge < -0.3 is 10.6 Å². The van der Waals surface area contributed by atoms with Crippen LogP contribution in [0.2, 0.25) is 0 Å². The summed E-state index contributed by atoms with van der Waals surface area (Å²) in [5, 5.41) is 28.0. The Morgan fingerprint density at radius 1 is 1.16 bits per heavy atom. The number of nitrogens with zero attached hydrogens (tertiary/aromatic N) is 5. The van der Waals surface area contributed by atoms with Gasteiger partial charge in [-0.15, -0.1) is 5.10 Å². The highest BCUT2D eigenvalue weighted by atomic mass is 16.1. The monoisotopic (exact) mass is 427 g/mol. The SMILES string of the molecule is CCn1nc(Nc2c(C)cc(CCC#N)cc2C=O)nc(Nc2ccc(C#N)cc2)c1=O. The fourth-order valence-electron chi connectivity index (χ4n) is 3.18. The molecule has 0 spiro atoms. The minimum absolute atomic E-state index is 0.0602. The molecule has 0 fully saturated rings. The van der Waals surface area contributed by atoms with Crippen molar-refractivity contribution in [1.82, 2.24) is 14.8 Å². The third-order valence-corrected chi connectivity index (χ3v) is 4.76. The maximum atomic E-state index is 12.7. The normalized spacial score (nSPS) is 10.1. The van der Waals surface area contributed by atoms with E-state index in [0.29, 0.717) is 41.9 Å². The Hall–Kier alpha value is -4.50. The lowest BCUT2D eigenvalue weighted by molar-refractivity contribution is 0.112. The van der Waals surface area contributed by atoms with Crippen molar-refractivity contribution in [2.24, 2.45) is 0 Å². The number of carbonyl (C=O) groups is 1. The number of benzene rings is 2. The highest BCUT2D eigenvalue weighted by Crippen LogP contribution is 2.25. The average molecular weight is 427 g/mol. The lowest BCUT2D eigenvalue weighted by Crippen LogP contribution is -2.27. The van der Waals surface area contributed by atoms with Gasteiger partial charge in [-0.05, 0) is 61.7 Å². The summed E-state index contributed by atoms with van der Waals surface area (Å²) >= 11 is 0. The molecule has 0 bridgehead atoms. The van der Waals surface area contributed by atoms with E-state index in [-0.39, 0.29) is 11.8 Å². The van der Waals surface area contributed by atoms with Gasteiger partial charge in [0.25, 0.3) is 0 Å². The maximum absolute atomic E-state index is 12.7. The van der Waals surface area contributed by atoms with E-state index in [1.807, 2.05) is 19.1 Å². The molecule has 3 rings (SSSR count). The number of aldehydes is 1. The molecule has 0 atom stereocenters. The van der Waals surface area contributed by atoms with E-state index < -0.39 is 5.56 Å². The number of rotatable bonds is 8. The molecule has 2 aromatic carbocycles. The van der Waals surface area contributed by atoms with Gasteiger partial charge in [-0.25, -0.2) is 4.68 Å². The zero-order valence-electron chi connectivity index (χ0n) is 17.7. The number of aryl methyl sites for hydroxylation is 3. The molecule has 0 saturated carbocycles. The molecule has 0 saturated heterocycles. The minimum atomic E-state index is -0.401. The second kappa shape index (κ2) is 10.0. The average Bonchev–Trinajstić information content (AvgIpc) is 2.81. The van der Waals surface area contributed by atoms with Gasteiger partial charge in [0, 0.05) is 24.2 Å². The molecule has 9 nitrogen and oxygen atoms in total. The van der Waals surface area contributed by atoms with Crippen LogP contribution in [0, 0.1) is 29.6 Å². The molecule has 32 heavy (non-hydrogen) atoms. The predicted octanol–water partition coefficient (Wildman–Crippen LogP) is 3.59. The van der Waals surface area contributed by atoms with Crippen molar-refractivity contribution in [2.75, 3.05) is 10.6 Å². The molecule has 2 N–H and O–H groups in total. The molecule has 0 aliphatic rings. The summed E-state index contributed by atoms with van der Waals surface area (Å²) in [6.07, 6.45) is 1.64. The van der Waals surface area contributed by atoms with Crippen LogP contribution in [-0.4, -0.2) is 21.1 Å². The number of aromatic nitrogens is 3. The second-order valence-corrected chi connectivity index (χ2v) is 7.00. The van der Waals surface area contributed by atoms with Crippen molar-refractivity contribution < 1.29 is 4.79 Å². The van der Waals surface area contributed by atoms with Crippen LogP contribution in [0.5, 0.6) is 0 Å². The fraction of sp³-hybridized carbons (Fsp3) is 0.217. The smallest absolute Gasteiger partial charge is 0.309 e. The van der Waals surface area contributed by atoms with Crippen LogP contribution in [0.4, 0.5) is 23.1 Å². The standard InChI is InChI=1S/C23H21N7O2/c1-3-30-22(32)21(26-19-8-6-16(13-25)7-9-19)28-23(29-30)27-20-15(2)11-17(5-4-10-24)12-18(20)14-31/h6-9,11-12,14H,3-5H2,1-2H3,(H2,26,27,28,29). The Morgan fingerprint density at radius 2 is 1.91 bits per heavy atom. The molecule has 3 aromatic rings. The van der Waals surface area contributed by atoms with E-state index >= 15 is 0 Å². The maximum Gasteiger partial charge on any atom is 0.309 e.